The number of para-hydroxylation sites is 2. The second kappa shape index (κ2) is 7.85. The molecule has 0 spiro atoms. The zero-order chi connectivity index (χ0) is 23.7. The van der Waals surface area contributed by atoms with E-state index < -0.39 is 5.91 Å². The van der Waals surface area contributed by atoms with Crippen LogP contribution in [0.25, 0.3) is 0 Å². The average Bonchev–Trinajstić information content (AvgIpc) is 3.64. The maximum atomic E-state index is 13.7. The summed E-state index contributed by atoms with van der Waals surface area (Å²) >= 11 is 12.2. The van der Waals surface area contributed by atoms with Crippen molar-refractivity contribution in [3.8, 4) is 5.75 Å². The topological polar surface area (TPSA) is 66.9 Å². The average molecular weight is 497 g/mol. The number of imide groups is 1. The Morgan fingerprint density at radius 2 is 1.65 bits per heavy atom. The maximum absolute atomic E-state index is 13.7. The Labute approximate surface area is 207 Å². The predicted molar refractivity (Wildman–Crippen MR) is 128 cm³/mol. The maximum Gasteiger partial charge on any atom is 0.259 e. The number of hydrogen-bond acceptors (Lipinski definition) is 4. The van der Waals surface area contributed by atoms with Crippen LogP contribution < -0.4 is 9.64 Å². The molecule has 1 aliphatic heterocycles. The van der Waals surface area contributed by atoms with Gasteiger partial charge in [0.15, 0.2) is 0 Å². The highest BCUT2D eigenvalue weighted by Gasteiger charge is 2.67. The molecule has 0 unspecified atom stereocenters. The summed E-state index contributed by atoms with van der Waals surface area (Å²) in [6.45, 7) is -0.196. The van der Waals surface area contributed by atoms with Crippen molar-refractivity contribution >= 4 is 46.6 Å². The lowest BCUT2D eigenvalue weighted by Gasteiger charge is -2.37. The van der Waals surface area contributed by atoms with Crippen molar-refractivity contribution in [3.05, 3.63) is 70.2 Å². The summed E-state index contributed by atoms with van der Waals surface area (Å²) < 4.78 is 5.49. The first kappa shape index (κ1) is 21.7. The molecule has 4 aliphatic carbocycles. The minimum atomic E-state index is -0.414. The lowest BCUT2D eigenvalue weighted by molar-refractivity contribution is -0.140. The lowest BCUT2D eigenvalue weighted by Crippen LogP contribution is -2.45. The lowest BCUT2D eigenvalue weighted by atomic mass is 9.63. The van der Waals surface area contributed by atoms with Crippen molar-refractivity contribution in [1.29, 1.82) is 0 Å². The molecule has 2 saturated carbocycles. The summed E-state index contributed by atoms with van der Waals surface area (Å²) in [5.74, 6) is 0.253. The van der Waals surface area contributed by atoms with Gasteiger partial charge in [-0.3, -0.25) is 24.2 Å². The van der Waals surface area contributed by atoms with Crippen molar-refractivity contribution < 1.29 is 19.1 Å². The van der Waals surface area contributed by atoms with Crippen molar-refractivity contribution in [2.45, 2.75) is 6.42 Å². The van der Waals surface area contributed by atoms with Crippen molar-refractivity contribution in [3.63, 3.8) is 0 Å². The summed E-state index contributed by atoms with van der Waals surface area (Å²) in [4.78, 5) is 43.5. The first-order valence-corrected chi connectivity index (χ1v) is 12.1. The number of carbonyl (C=O) groups excluding carboxylic acids is 3. The van der Waals surface area contributed by atoms with Gasteiger partial charge in [0, 0.05) is 5.56 Å². The van der Waals surface area contributed by atoms with Gasteiger partial charge in [-0.05, 0) is 60.4 Å². The molecule has 3 fully saturated rings. The van der Waals surface area contributed by atoms with Gasteiger partial charge in [0.1, 0.15) is 12.4 Å². The summed E-state index contributed by atoms with van der Waals surface area (Å²) in [7, 11) is 1.51. The molecule has 7 rings (SSSR count). The summed E-state index contributed by atoms with van der Waals surface area (Å²) in [6, 6.07) is 11.6. The van der Waals surface area contributed by atoms with E-state index in [0.717, 1.165) is 6.42 Å². The summed E-state index contributed by atoms with van der Waals surface area (Å²) in [6.07, 6.45) is 5.36. The van der Waals surface area contributed by atoms with Crippen LogP contribution in [0.3, 0.4) is 0 Å². The number of hydrogen-bond donors (Lipinski definition) is 0. The fraction of sp³-hybridized carbons (Fsp3) is 0.346. The minimum Gasteiger partial charge on any atom is -0.495 e. The van der Waals surface area contributed by atoms with E-state index in [4.69, 9.17) is 27.9 Å². The number of allylic oxidation sites excluding steroid dienone is 2. The quantitative estimate of drug-likeness (QED) is 0.445. The molecule has 5 aliphatic rings. The third-order valence-electron chi connectivity index (χ3n) is 7.82. The second-order valence-corrected chi connectivity index (χ2v) is 10.2. The largest absolute Gasteiger partial charge is 0.495 e. The second-order valence-electron chi connectivity index (χ2n) is 9.43. The highest BCUT2D eigenvalue weighted by molar-refractivity contribution is 6.42. The molecule has 0 aromatic heterocycles. The number of carbonyl (C=O) groups is 3. The molecule has 1 saturated heterocycles. The first-order chi connectivity index (χ1) is 16.4. The van der Waals surface area contributed by atoms with E-state index in [1.165, 1.54) is 23.0 Å². The number of methoxy groups -OCH3 is 1. The van der Waals surface area contributed by atoms with E-state index in [-0.39, 0.29) is 47.2 Å². The molecule has 0 N–H and O–H groups in total. The normalized spacial score (nSPS) is 30.3. The van der Waals surface area contributed by atoms with Crippen LogP contribution in [0.1, 0.15) is 16.8 Å². The number of nitrogens with zero attached hydrogens (tertiary/aromatic N) is 2. The number of rotatable bonds is 5. The van der Waals surface area contributed by atoms with E-state index in [1.807, 2.05) is 0 Å². The molecule has 174 valence electrons. The van der Waals surface area contributed by atoms with Gasteiger partial charge in [-0.2, -0.15) is 0 Å². The number of anilines is 1. The first-order valence-electron chi connectivity index (χ1n) is 11.3. The van der Waals surface area contributed by atoms with Gasteiger partial charge in [-0.25, -0.2) is 0 Å². The van der Waals surface area contributed by atoms with Gasteiger partial charge in [0.05, 0.1) is 34.7 Å². The van der Waals surface area contributed by atoms with Crippen LogP contribution in [-0.4, -0.2) is 36.4 Å². The highest BCUT2D eigenvalue weighted by atomic mass is 35.5. The highest BCUT2D eigenvalue weighted by Crippen LogP contribution is 2.65. The van der Waals surface area contributed by atoms with Gasteiger partial charge in [0.2, 0.25) is 11.8 Å². The van der Waals surface area contributed by atoms with Crippen LogP contribution in [0, 0.1) is 35.5 Å². The molecule has 6 atom stereocenters. The van der Waals surface area contributed by atoms with Crippen LogP contribution in [0.4, 0.5) is 5.69 Å². The van der Waals surface area contributed by atoms with Gasteiger partial charge in [-0.1, -0.05) is 47.5 Å². The van der Waals surface area contributed by atoms with E-state index >= 15 is 0 Å². The third-order valence-corrected chi connectivity index (χ3v) is 8.56. The number of likely N-dealkylation sites (tertiary alicyclic amines) is 1. The number of ether oxygens (including phenoxy) is 1. The number of halogens is 2. The fourth-order valence-electron chi connectivity index (χ4n) is 6.19. The molecule has 0 radical (unpaired) electrons. The van der Waals surface area contributed by atoms with E-state index in [2.05, 4.69) is 12.2 Å². The third kappa shape index (κ3) is 3.12. The number of benzene rings is 2. The van der Waals surface area contributed by atoms with Crippen molar-refractivity contribution in [2.75, 3.05) is 18.7 Å². The van der Waals surface area contributed by atoms with Crippen LogP contribution in [0.5, 0.6) is 5.75 Å². The van der Waals surface area contributed by atoms with Gasteiger partial charge in [0.25, 0.3) is 5.91 Å². The van der Waals surface area contributed by atoms with E-state index in [9.17, 15) is 14.4 Å². The van der Waals surface area contributed by atoms with E-state index in [0.29, 0.717) is 33.9 Å². The molecule has 1 heterocycles. The zero-order valence-electron chi connectivity index (χ0n) is 18.4. The summed E-state index contributed by atoms with van der Waals surface area (Å²) in [5.41, 5.74) is 0.750. The fourth-order valence-corrected chi connectivity index (χ4v) is 6.49. The Kier molecular flexibility index (Phi) is 5.01. The molecule has 3 amide bonds. The molecular weight excluding hydrogens is 475 g/mol. The minimum absolute atomic E-state index is 0.118. The van der Waals surface area contributed by atoms with Crippen molar-refractivity contribution in [1.82, 2.24) is 4.90 Å². The zero-order valence-corrected chi connectivity index (χ0v) is 19.9. The molecule has 34 heavy (non-hydrogen) atoms. The van der Waals surface area contributed by atoms with Gasteiger partial charge in [-0.15, -0.1) is 0 Å². The molecular formula is C26H22Cl2N2O4. The van der Waals surface area contributed by atoms with Crippen LogP contribution in [0.2, 0.25) is 10.0 Å². The smallest absolute Gasteiger partial charge is 0.259 e. The van der Waals surface area contributed by atoms with Gasteiger partial charge >= 0.3 is 0 Å². The van der Waals surface area contributed by atoms with Crippen LogP contribution in [0.15, 0.2) is 54.6 Å². The molecule has 2 bridgehead atoms. The molecule has 8 heteroatoms. The Morgan fingerprint density at radius 3 is 2.26 bits per heavy atom. The Hall–Kier alpha value is -2.83. The van der Waals surface area contributed by atoms with Crippen LogP contribution >= 0.6 is 23.2 Å². The Bertz CT molecular complexity index is 1230. The predicted octanol–water partition coefficient (Wildman–Crippen LogP) is 4.66. The number of amides is 3. The SMILES string of the molecule is COc1ccccc1N(CN1C(=O)[C@@H]2[C@@H]3C=C[C@H]([C@H]4C[C@H]34)[C@@H]2C1=O)C(=O)c1ccc(Cl)c(Cl)c1. The molecule has 2 aromatic rings. The molecule has 6 nitrogen and oxygen atoms in total. The Morgan fingerprint density at radius 1 is 1.00 bits per heavy atom. The van der Waals surface area contributed by atoms with Crippen LogP contribution in [-0.2, 0) is 9.59 Å². The summed E-state index contributed by atoms with van der Waals surface area (Å²) in [5, 5.41) is 0.575. The molecule has 2 aromatic carbocycles. The standard InChI is InChI=1S/C26H22Cl2N2O4/c1-34-21-5-3-2-4-20(21)29(24(31)13-6-9-18(27)19(28)10-13)12-30-25(32)22-14-7-8-15(17-11-16(14)17)23(22)26(30)33/h2-10,14-17,22-23H,11-12H2,1H3/t14-,15-,16-,17-,22-,23+/m1/s1. The Balaban J connectivity index is 1.37. The monoisotopic (exact) mass is 496 g/mol. The van der Waals surface area contributed by atoms with Gasteiger partial charge < -0.3 is 4.74 Å². The van der Waals surface area contributed by atoms with Crippen molar-refractivity contribution in [2.24, 2.45) is 35.5 Å². The van der Waals surface area contributed by atoms with E-state index in [1.54, 1.807) is 36.4 Å².